The van der Waals surface area contributed by atoms with E-state index >= 15 is 0 Å². The number of rotatable bonds is 5. The van der Waals surface area contributed by atoms with Gasteiger partial charge in [-0.1, -0.05) is 35.5 Å². The number of nitrogens with zero attached hydrogens (tertiary/aromatic N) is 1. The summed E-state index contributed by atoms with van der Waals surface area (Å²) in [6.45, 7) is 0.898. The van der Waals surface area contributed by atoms with Gasteiger partial charge in [-0.2, -0.15) is 13.2 Å². The van der Waals surface area contributed by atoms with Crippen molar-refractivity contribution < 1.29 is 32.6 Å². The molecular weight excluding hydrogens is 293 g/mol. The number of ether oxygens (including phenoxy) is 1. The number of oxime groups is 1. The average Bonchev–Trinajstić information content (AvgIpc) is 2.44. The van der Waals surface area contributed by atoms with Crippen molar-refractivity contribution in [2.75, 3.05) is 6.61 Å². The summed E-state index contributed by atoms with van der Waals surface area (Å²) in [5, 5.41) is 12.3. The van der Waals surface area contributed by atoms with E-state index in [2.05, 4.69) is 14.7 Å². The first kappa shape index (κ1) is 16.8. The second-order valence-corrected chi connectivity index (χ2v) is 3.80. The predicted molar refractivity (Wildman–Crippen MR) is 65.9 cm³/mol. The Balaban J connectivity index is 3.01. The van der Waals surface area contributed by atoms with Crippen LogP contribution in [0.1, 0.15) is 12.5 Å². The molecule has 116 valence electrons. The van der Waals surface area contributed by atoms with Gasteiger partial charge in [0.1, 0.15) is 0 Å². The number of carbonyl (C=O) groups is 1. The van der Waals surface area contributed by atoms with Crippen molar-refractivity contribution >= 4 is 11.8 Å². The lowest BCUT2D eigenvalue weighted by molar-refractivity contribution is -0.353. The minimum atomic E-state index is -5.44. The van der Waals surface area contributed by atoms with Crippen LogP contribution in [0.4, 0.5) is 13.2 Å². The molecule has 6 nitrogen and oxygen atoms in total. The SMILES string of the molecule is CCOC(=O)[C@](O)(O/N=C(\N)c1ccccc1)C(F)(F)F. The maximum absolute atomic E-state index is 12.7. The molecule has 0 unspecified atom stereocenters. The van der Waals surface area contributed by atoms with Crippen LogP contribution in [0.15, 0.2) is 35.5 Å². The largest absolute Gasteiger partial charge is 0.470 e. The van der Waals surface area contributed by atoms with Crippen LogP contribution in [0.3, 0.4) is 0 Å². The number of amidine groups is 1. The summed E-state index contributed by atoms with van der Waals surface area (Å²) in [5.41, 5.74) is 5.67. The summed E-state index contributed by atoms with van der Waals surface area (Å²) in [7, 11) is 0. The van der Waals surface area contributed by atoms with Crippen molar-refractivity contribution in [3.8, 4) is 0 Å². The highest BCUT2D eigenvalue weighted by molar-refractivity contribution is 5.97. The highest BCUT2D eigenvalue weighted by atomic mass is 19.4. The zero-order chi connectivity index (χ0) is 16.1. The maximum Gasteiger partial charge on any atom is 0.470 e. The molecule has 0 radical (unpaired) electrons. The van der Waals surface area contributed by atoms with Gasteiger partial charge in [-0.25, -0.2) is 4.79 Å². The smallest absolute Gasteiger partial charge is 0.461 e. The summed E-state index contributed by atoms with van der Waals surface area (Å²) in [6.07, 6.45) is -5.44. The van der Waals surface area contributed by atoms with Crippen LogP contribution in [0.2, 0.25) is 0 Å². The standard InChI is InChI=1S/C12H13F3N2O4/c1-2-20-10(18)11(19,12(13,14)15)21-17-9(16)8-6-4-3-5-7-8/h3-7,19H,2H2,1H3,(H2,16,17)/t11-/m0/s1. The highest BCUT2D eigenvalue weighted by Crippen LogP contribution is 2.33. The van der Waals surface area contributed by atoms with E-state index in [9.17, 15) is 23.1 Å². The van der Waals surface area contributed by atoms with Gasteiger partial charge >= 0.3 is 17.9 Å². The molecule has 0 fully saturated rings. The van der Waals surface area contributed by atoms with E-state index in [-0.39, 0.29) is 12.2 Å². The number of aliphatic hydroxyl groups is 1. The number of hydrogen-bond acceptors (Lipinski definition) is 5. The first-order chi connectivity index (χ1) is 9.72. The Labute approximate surface area is 117 Å². The fourth-order valence-corrected chi connectivity index (χ4v) is 1.21. The molecule has 0 bridgehead atoms. The maximum atomic E-state index is 12.7. The van der Waals surface area contributed by atoms with Crippen LogP contribution in [0.25, 0.3) is 0 Å². The molecule has 0 heterocycles. The lowest BCUT2D eigenvalue weighted by Crippen LogP contribution is -2.54. The van der Waals surface area contributed by atoms with E-state index in [0.717, 1.165) is 0 Å². The predicted octanol–water partition coefficient (Wildman–Crippen LogP) is 1.14. The molecule has 1 atom stereocenters. The Morgan fingerprint density at radius 2 is 1.90 bits per heavy atom. The van der Waals surface area contributed by atoms with Gasteiger partial charge in [0, 0.05) is 5.56 Å². The number of alkyl halides is 3. The number of nitrogens with two attached hydrogens (primary N) is 1. The minimum Gasteiger partial charge on any atom is -0.461 e. The summed E-state index contributed by atoms with van der Waals surface area (Å²) in [5.74, 6) is -6.69. The molecule has 1 aromatic rings. The molecule has 0 aliphatic heterocycles. The van der Waals surface area contributed by atoms with Crippen LogP contribution >= 0.6 is 0 Å². The molecule has 0 aliphatic carbocycles. The van der Waals surface area contributed by atoms with Gasteiger partial charge in [-0.3, -0.25) is 0 Å². The molecule has 0 saturated heterocycles. The molecule has 1 rings (SSSR count). The number of esters is 1. The van der Waals surface area contributed by atoms with E-state index < -0.39 is 23.8 Å². The van der Waals surface area contributed by atoms with E-state index in [0.29, 0.717) is 0 Å². The van der Waals surface area contributed by atoms with Crippen molar-refractivity contribution in [3.63, 3.8) is 0 Å². The highest BCUT2D eigenvalue weighted by Gasteiger charge is 2.65. The fraction of sp³-hybridized carbons (Fsp3) is 0.333. The molecule has 0 aromatic heterocycles. The Kier molecular flexibility index (Phi) is 5.14. The Bertz CT molecular complexity index is 519. The third-order valence-corrected chi connectivity index (χ3v) is 2.28. The Morgan fingerprint density at radius 1 is 1.33 bits per heavy atom. The second kappa shape index (κ2) is 6.44. The molecule has 21 heavy (non-hydrogen) atoms. The van der Waals surface area contributed by atoms with E-state index in [1.54, 1.807) is 18.2 Å². The van der Waals surface area contributed by atoms with Crippen LogP contribution in [0.5, 0.6) is 0 Å². The molecule has 0 spiro atoms. The topological polar surface area (TPSA) is 94.1 Å². The zero-order valence-electron chi connectivity index (χ0n) is 10.9. The molecule has 0 saturated carbocycles. The molecule has 1 aromatic carbocycles. The molecule has 3 N–H and O–H groups in total. The number of carbonyl (C=O) groups excluding carboxylic acids is 1. The molecule has 0 aliphatic rings. The van der Waals surface area contributed by atoms with E-state index in [4.69, 9.17) is 5.73 Å². The van der Waals surface area contributed by atoms with Crippen molar-refractivity contribution in [2.24, 2.45) is 10.9 Å². The fourth-order valence-electron chi connectivity index (χ4n) is 1.21. The minimum absolute atomic E-state index is 0.255. The van der Waals surface area contributed by atoms with Crippen molar-refractivity contribution in [2.45, 2.75) is 18.9 Å². The average molecular weight is 306 g/mol. The third kappa shape index (κ3) is 3.85. The van der Waals surface area contributed by atoms with Gasteiger partial charge in [0.25, 0.3) is 0 Å². The van der Waals surface area contributed by atoms with Crippen LogP contribution in [-0.2, 0) is 14.4 Å². The lowest BCUT2D eigenvalue weighted by Gasteiger charge is -2.25. The summed E-state index contributed by atoms with van der Waals surface area (Å²) in [4.78, 5) is 15.2. The normalized spacial score (nSPS) is 15.2. The van der Waals surface area contributed by atoms with E-state index in [1.165, 1.54) is 19.1 Å². The summed E-state index contributed by atoms with van der Waals surface area (Å²) in [6, 6.07) is 7.71. The van der Waals surface area contributed by atoms with Crippen LogP contribution in [0, 0.1) is 0 Å². The van der Waals surface area contributed by atoms with Crippen molar-refractivity contribution in [1.29, 1.82) is 0 Å². The Morgan fingerprint density at radius 3 is 2.38 bits per heavy atom. The van der Waals surface area contributed by atoms with E-state index in [1.807, 2.05) is 0 Å². The van der Waals surface area contributed by atoms with Crippen LogP contribution in [-0.4, -0.2) is 35.5 Å². The summed E-state index contributed by atoms with van der Waals surface area (Å²) < 4.78 is 42.4. The van der Waals surface area contributed by atoms with Gasteiger partial charge in [-0.15, -0.1) is 0 Å². The van der Waals surface area contributed by atoms with Gasteiger partial charge in [0.15, 0.2) is 5.84 Å². The van der Waals surface area contributed by atoms with Crippen molar-refractivity contribution in [1.82, 2.24) is 0 Å². The van der Waals surface area contributed by atoms with Crippen molar-refractivity contribution in [3.05, 3.63) is 35.9 Å². The zero-order valence-corrected chi connectivity index (χ0v) is 10.9. The van der Waals surface area contributed by atoms with Gasteiger partial charge in [0.2, 0.25) is 0 Å². The second-order valence-electron chi connectivity index (χ2n) is 3.80. The third-order valence-electron chi connectivity index (χ3n) is 2.28. The quantitative estimate of drug-likeness (QED) is 0.280. The van der Waals surface area contributed by atoms with Gasteiger partial charge in [0.05, 0.1) is 6.61 Å². The molecule has 9 heteroatoms. The summed E-state index contributed by atoms with van der Waals surface area (Å²) >= 11 is 0. The van der Waals surface area contributed by atoms with Gasteiger partial charge in [-0.05, 0) is 6.92 Å². The number of halogens is 3. The molecular formula is C12H13F3N2O4. The first-order valence-electron chi connectivity index (χ1n) is 5.75. The number of hydrogen-bond donors (Lipinski definition) is 2. The Hall–Kier alpha value is -2.29. The monoisotopic (exact) mass is 306 g/mol. The number of benzene rings is 1. The van der Waals surface area contributed by atoms with Crippen LogP contribution < -0.4 is 5.73 Å². The lowest BCUT2D eigenvalue weighted by atomic mass is 10.2. The first-order valence-corrected chi connectivity index (χ1v) is 5.75. The van der Waals surface area contributed by atoms with Gasteiger partial charge < -0.3 is 20.4 Å². The molecule has 0 amide bonds.